The number of ketones is 1. The summed E-state index contributed by atoms with van der Waals surface area (Å²) in [6.45, 7) is 4.93. The highest BCUT2D eigenvalue weighted by Gasteiger charge is 2.44. The zero-order valence-corrected chi connectivity index (χ0v) is 19.5. The van der Waals surface area contributed by atoms with Gasteiger partial charge in [-0.15, -0.1) is 0 Å². The maximum Gasteiger partial charge on any atom is 0.295 e. The van der Waals surface area contributed by atoms with Crippen molar-refractivity contribution in [2.45, 2.75) is 19.0 Å². The number of benzene rings is 2. The van der Waals surface area contributed by atoms with Crippen molar-refractivity contribution in [3.63, 3.8) is 0 Å². The molecule has 1 aliphatic rings. The molecule has 4 rings (SSSR count). The van der Waals surface area contributed by atoms with Gasteiger partial charge in [0.15, 0.2) is 0 Å². The molecule has 1 fully saturated rings. The van der Waals surface area contributed by atoms with Gasteiger partial charge >= 0.3 is 0 Å². The van der Waals surface area contributed by atoms with Crippen molar-refractivity contribution in [3.05, 3.63) is 96.6 Å². The number of imidazole rings is 1. The molecule has 2 aromatic carbocycles. The highest BCUT2D eigenvalue weighted by Crippen LogP contribution is 2.39. The number of methoxy groups -OCH3 is 1. The van der Waals surface area contributed by atoms with Gasteiger partial charge in [0.25, 0.3) is 5.91 Å². The van der Waals surface area contributed by atoms with E-state index in [-0.39, 0.29) is 5.57 Å². The molecular weight excluding hydrogens is 446 g/mol. The third kappa shape index (κ3) is 5.11. The van der Waals surface area contributed by atoms with E-state index in [0.29, 0.717) is 48.7 Å². The molecule has 0 aliphatic carbocycles. The van der Waals surface area contributed by atoms with Crippen molar-refractivity contribution < 1.29 is 28.7 Å². The summed E-state index contributed by atoms with van der Waals surface area (Å²) in [5, 5.41) is 13.5. The Bertz CT molecular complexity index is 1230. The smallest absolute Gasteiger partial charge is 0.295 e. The molecule has 8 heteroatoms. The minimum absolute atomic E-state index is 0.0599. The lowest BCUT2D eigenvalue weighted by atomic mass is 9.95. The van der Waals surface area contributed by atoms with Crippen molar-refractivity contribution >= 4 is 17.4 Å². The average Bonchev–Trinajstić information content (AvgIpc) is 3.49. The van der Waals surface area contributed by atoms with Gasteiger partial charge in [-0.05, 0) is 35.4 Å². The first kappa shape index (κ1) is 23.8. The van der Waals surface area contributed by atoms with Crippen LogP contribution in [0.2, 0.25) is 0 Å². The number of rotatable bonds is 10. The second-order valence-corrected chi connectivity index (χ2v) is 8.08. The summed E-state index contributed by atoms with van der Waals surface area (Å²) < 4.78 is 12.8. The number of amides is 1. The molecule has 1 unspecified atom stereocenters. The van der Waals surface area contributed by atoms with Crippen LogP contribution in [0.1, 0.15) is 23.6 Å². The summed E-state index contributed by atoms with van der Waals surface area (Å²) in [7, 11) is 1.53. The van der Waals surface area contributed by atoms with Crippen molar-refractivity contribution in [1.29, 1.82) is 0 Å². The number of nitrogens with zero attached hydrogens (tertiary/aromatic N) is 2. The Balaban J connectivity index is 1.73. The maximum atomic E-state index is 13.5. The van der Waals surface area contributed by atoms with E-state index in [9.17, 15) is 14.7 Å². The first-order chi connectivity index (χ1) is 17.0. The molecule has 1 aromatic heterocycles. The Morgan fingerprint density at radius 3 is 2.69 bits per heavy atom. The van der Waals surface area contributed by atoms with Gasteiger partial charge in [0.05, 0.1) is 19.7 Å². The van der Waals surface area contributed by atoms with E-state index in [0.717, 1.165) is 0 Å². The summed E-state index contributed by atoms with van der Waals surface area (Å²) in [6.07, 6.45) is 7.75. The van der Waals surface area contributed by atoms with Gasteiger partial charge in [0.2, 0.25) is 12.1 Å². The molecule has 180 valence electrons. The van der Waals surface area contributed by atoms with Crippen molar-refractivity contribution in [2.75, 3.05) is 20.3 Å². The Morgan fingerprint density at radius 1 is 1.20 bits per heavy atom. The monoisotopic (exact) mass is 473 g/mol. The first-order valence-electron chi connectivity index (χ1n) is 11.3. The van der Waals surface area contributed by atoms with Gasteiger partial charge in [-0.1, -0.05) is 42.7 Å². The Kier molecular flexibility index (Phi) is 7.30. The van der Waals surface area contributed by atoms with Crippen LogP contribution in [0.25, 0.3) is 5.76 Å². The van der Waals surface area contributed by atoms with Crippen LogP contribution in [0.15, 0.2) is 85.5 Å². The predicted molar refractivity (Wildman–Crippen MR) is 127 cm³/mol. The Morgan fingerprint density at radius 2 is 2.00 bits per heavy atom. The fourth-order valence-corrected chi connectivity index (χ4v) is 4.16. The van der Waals surface area contributed by atoms with Gasteiger partial charge in [0.1, 0.15) is 30.5 Å². The number of likely N-dealkylation sites (tertiary alicyclic amines) is 1. The van der Waals surface area contributed by atoms with Gasteiger partial charge in [-0.3, -0.25) is 14.6 Å². The molecule has 1 N–H and O–H groups in total. The number of aromatic amines is 1. The number of carbonyl (C=O) groups is 2. The van der Waals surface area contributed by atoms with Crippen LogP contribution in [0, 0.1) is 0 Å². The number of hydrogen-bond acceptors (Lipinski definition) is 5. The molecule has 1 atom stereocenters. The molecule has 1 saturated heterocycles. The topological polar surface area (TPSA) is 98.6 Å². The molecule has 35 heavy (non-hydrogen) atoms. The summed E-state index contributed by atoms with van der Waals surface area (Å²) in [5.41, 5.74) is 0.892. The van der Waals surface area contributed by atoms with Crippen LogP contribution < -0.4 is 19.1 Å². The molecule has 0 saturated carbocycles. The van der Waals surface area contributed by atoms with Gasteiger partial charge in [-0.2, -0.15) is 0 Å². The van der Waals surface area contributed by atoms with Gasteiger partial charge in [-0.25, -0.2) is 4.57 Å². The summed E-state index contributed by atoms with van der Waals surface area (Å²) >= 11 is 0. The lowest BCUT2D eigenvalue weighted by Gasteiger charge is -2.27. The van der Waals surface area contributed by atoms with Crippen LogP contribution in [0.3, 0.4) is 0 Å². The third-order valence-corrected chi connectivity index (χ3v) is 5.84. The number of nitrogens with one attached hydrogen (secondary N) is 1. The minimum Gasteiger partial charge on any atom is -0.872 e. The Labute approximate surface area is 203 Å². The molecule has 8 nitrogen and oxygen atoms in total. The van der Waals surface area contributed by atoms with E-state index in [1.165, 1.54) is 12.0 Å². The molecule has 0 radical (unpaired) electrons. The number of hydrogen-bond donors (Lipinski definition) is 1. The van der Waals surface area contributed by atoms with Crippen molar-refractivity contribution in [2.24, 2.45) is 0 Å². The third-order valence-electron chi connectivity index (χ3n) is 5.84. The highest BCUT2D eigenvalue weighted by atomic mass is 16.5. The average molecular weight is 474 g/mol. The summed E-state index contributed by atoms with van der Waals surface area (Å²) in [6, 6.07) is 12.8. The Hall–Kier alpha value is -4.33. The molecule has 3 aromatic rings. The molecular formula is C27H27N3O5. The predicted octanol–water partition coefficient (Wildman–Crippen LogP) is 2.19. The zero-order chi connectivity index (χ0) is 24.8. The standard InChI is InChI=1S/C27H27N3O5/c1-3-16-35-22-7-4-6-20(17-22)24-23(25(31)19-8-10-21(34-2)11-9-19)26(32)27(33)30(24)14-5-13-29-15-12-28-18-29/h3-4,6-12,15,17-18,24H,1,5,13-14,16H2,2H3,(H,31,32). The van der Waals surface area contributed by atoms with E-state index in [4.69, 9.17) is 9.47 Å². The number of aryl methyl sites for hydroxylation is 1. The maximum absolute atomic E-state index is 13.5. The first-order valence-corrected chi connectivity index (χ1v) is 11.3. The van der Waals surface area contributed by atoms with E-state index >= 15 is 0 Å². The van der Waals surface area contributed by atoms with Gasteiger partial charge in [0, 0.05) is 18.5 Å². The molecule has 0 spiro atoms. The zero-order valence-electron chi connectivity index (χ0n) is 19.5. The van der Waals surface area contributed by atoms with Crippen LogP contribution in [0.4, 0.5) is 0 Å². The summed E-state index contributed by atoms with van der Waals surface area (Å²) in [5.74, 6) is -0.775. The number of H-pyrrole nitrogens is 1. The van der Waals surface area contributed by atoms with Gasteiger partial charge < -0.3 is 19.5 Å². The molecule has 2 heterocycles. The molecule has 1 aliphatic heterocycles. The van der Waals surface area contributed by atoms with E-state index < -0.39 is 23.5 Å². The van der Waals surface area contributed by atoms with E-state index in [1.807, 2.05) is 23.3 Å². The fourth-order valence-electron chi connectivity index (χ4n) is 4.16. The molecule has 1 amide bonds. The number of ether oxygens (including phenoxy) is 2. The molecule has 0 bridgehead atoms. The lowest BCUT2D eigenvalue weighted by molar-refractivity contribution is -0.695. The summed E-state index contributed by atoms with van der Waals surface area (Å²) in [4.78, 5) is 30.7. The number of aromatic nitrogens is 2. The highest BCUT2D eigenvalue weighted by molar-refractivity contribution is 6.46. The lowest BCUT2D eigenvalue weighted by Crippen LogP contribution is -2.36. The van der Waals surface area contributed by atoms with Crippen LogP contribution in [-0.4, -0.2) is 41.8 Å². The van der Waals surface area contributed by atoms with Crippen LogP contribution in [0.5, 0.6) is 11.5 Å². The largest absolute Gasteiger partial charge is 0.872 e. The number of Topliss-reactive ketones (excluding diaryl/α,β-unsaturated/α-hetero) is 1. The van der Waals surface area contributed by atoms with E-state index in [2.05, 4.69) is 11.6 Å². The minimum atomic E-state index is -0.812. The van der Waals surface area contributed by atoms with Crippen molar-refractivity contribution in [1.82, 2.24) is 9.88 Å². The van der Waals surface area contributed by atoms with Crippen LogP contribution in [-0.2, 0) is 16.1 Å². The SMILES string of the molecule is C=CCOc1cccc(C2/C(=C(\[O-])c3ccc(OC)cc3)C(=O)C(=O)N2CCC[n+]2cc[nH]c2)c1. The van der Waals surface area contributed by atoms with E-state index in [1.54, 1.807) is 54.6 Å². The van der Waals surface area contributed by atoms with Crippen LogP contribution >= 0.6 is 0 Å². The second-order valence-electron chi connectivity index (χ2n) is 8.08. The fraction of sp³-hybridized carbons (Fsp3) is 0.222. The van der Waals surface area contributed by atoms with Crippen molar-refractivity contribution in [3.8, 4) is 11.5 Å². The second kappa shape index (κ2) is 10.7. The normalized spacial score (nSPS) is 16.9. The number of carbonyl (C=O) groups excluding carboxylic acids is 2. The quantitative estimate of drug-likeness (QED) is 0.160.